The molecule has 7 nitrogen and oxygen atoms in total. The number of halogens is 1. The lowest BCUT2D eigenvalue weighted by Gasteiger charge is -2.32. The van der Waals surface area contributed by atoms with Gasteiger partial charge in [-0.25, -0.2) is 4.99 Å². The smallest absolute Gasteiger partial charge is 0.245 e. The van der Waals surface area contributed by atoms with E-state index in [1.807, 2.05) is 29.2 Å². The van der Waals surface area contributed by atoms with E-state index < -0.39 is 0 Å². The zero-order chi connectivity index (χ0) is 25.9. The van der Waals surface area contributed by atoms with Crippen molar-refractivity contribution in [1.29, 1.82) is 0 Å². The van der Waals surface area contributed by atoms with Crippen molar-refractivity contribution >= 4 is 39.9 Å². The molecule has 0 radical (unpaired) electrons. The van der Waals surface area contributed by atoms with Gasteiger partial charge < -0.3 is 19.3 Å². The molecule has 2 saturated heterocycles. The molecular weight excluding hydrogens is 488 g/mol. The van der Waals surface area contributed by atoms with Crippen LogP contribution >= 0.6 is 11.6 Å². The molecular formula is C29H31ClN4O3. The van der Waals surface area contributed by atoms with E-state index in [-0.39, 0.29) is 11.8 Å². The Morgan fingerprint density at radius 2 is 1.97 bits per heavy atom. The number of aromatic nitrogens is 1. The van der Waals surface area contributed by atoms with Crippen LogP contribution in [0.4, 0.5) is 5.69 Å². The standard InChI is InChI=1S/C29H31ClN4O3/c1-4-29(35)34-14-10-19(11-15-34)21-17-22-25(18-27(21)36-3)31-12-9-26(22)37-20-7-8-24(23(30)16-20)32-28-6-5-13-33(28)2/h4,7-9,12,16-19H,1,5-6,10-11,13-15H2,2-3H3. The van der Waals surface area contributed by atoms with E-state index in [0.717, 1.165) is 66.0 Å². The van der Waals surface area contributed by atoms with Crippen LogP contribution in [0.5, 0.6) is 17.2 Å². The van der Waals surface area contributed by atoms with Crippen LogP contribution < -0.4 is 9.47 Å². The number of aliphatic imine (C=N–C) groups is 1. The first kappa shape index (κ1) is 25.1. The fourth-order valence-electron chi connectivity index (χ4n) is 5.13. The molecule has 0 atom stereocenters. The maximum Gasteiger partial charge on any atom is 0.245 e. The molecule has 0 saturated carbocycles. The molecule has 0 spiro atoms. The van der Waals surface area contributed by atoms with Gasteiger partial charge in [0, 0.05) is 56.8 Å². The summed E-state index contributed by atoms with van der Waals surface area (Å²) in [6.07, 6.45) is 6.89. The molecule has 2 aromatic carbocycles. The summed E-state index contributed by atoms with van der Waals surface area (Å²) < 4.78 is 12.0. The summed E-state index contributed by atoms with van der Waals surface area (Å²) in [6.45, 7) is 6.01. The normalized spacial score (nSPS) is 17.4. The van der Waals surface area contributed by atoms with E-state index in [1.165, 1.54) is 6.08 Å². The van der Waals surface area contributed by atoms with Crippen LogP contribution in [0.25, 0.3) is 10.9 Å². The molecule has 0 aliphatic carbocycles. The fraction of sp³-hybridized carbons (Fsp3) is 0.345. The number of piperidine rings is 1. The molecule has 2 fully saturated rings. The van der Waals surface area contributed by atoms with E-state index in [0.29, 0.717) is 29.6 Å². The van der Waals surface area contributed by atoms with Gasteiger partial charge in [-0.1, -0.05) is 18.2 Å². The zero-order valence-corrected chi connectivity index (χ0v) is 22.0. The van der Waals surface area contributed by atoms with Crippen LogP contribution in [0.3, 0.4) is 0 Å². The van der Waals surface area contributed by atoms with Crippen LogP contribution in [0.15, 0.2) is 60.2 Å². The molecule has 192 valence electrons. The van der Waals surface area contributed by atoms with Gasteiger partial charge in [0.15, 0.2) is 0 Å². The number of carbonyl (C=O) groups excluding carboxylic acids is 1. The summed E-state index contributed by atoms with van der Waals surface area (Å²) in [5.74, 6) is 3.43. The number of hydrogen-bond donors (Lipinski definition) is 0. The monoisotopic (exact) mass is 518 g/mol. The first-order valence-electron chi connectivity index (χ1n) is 12.6. The number of carbonyl (C=O) groups is 1. The highest BCUT2D eigenvalue weighted by Crippen LogP contribution is 2.40. The SMILES string of the molecule is C=CC(=O)N1CCC(c2cc3c(Oc4ccc(N=C5CCCN5C)c(Cl)c4)ccnc3cc2OC)CC1. The Kier molecular flexibility index (Phi) is 7.33. The Hall–Kier alpha value is -3.58. The lowest BCUT2D eigenvalue weighted by Crippen LogP contribution is -2.36. The Balaban J connectivity index is 1.42. The fourth-order valence-corrected chi connectivity index (χ4v) is 5.35. The van der Waals surface area contributed by atoms with Crippen LogP contribution in [0.2, 0.25) is 5.02 Å². The third kappa shape index (κ3) is 5.27. The summed E-state index contributed by atoms with van der Waals surface area (Å²) in [7, 11) is 3.73. The molecule has 2 aliphatic rings. The minimum Gasteiger partial charge on any atom is -0.496 e. The summed E-state index contributed by atoms with van der Waals surface area (Å²) in [6, 6.07) is 11.5. The molecule has 0 bridgehead atoms. The largest absolute Gasteiger partial charge is 0.496 e. The molecule has 3 heterocycles. The molecule has 0 unspecified atom stereocenters. The Labute approximate surface area is 222 Å². The number of methoxy groups -OCH3 is 1. The van der Waals surface area contributed by atoms with E-state index in [2.05, 4.69) is 29.6 Å². The van der Waals surface area contributed by atoms with Crippen molar-refractivity contribution in [2.75, 3.05) is 33.8 Å². The summed E-state index contributed by atoms with van der Waals surface area (Å²) in [4.78, 5) is 25.3. The summed E-state index contributed by atoms with van der Waals surface area (Å²) >= 11 is 6.58. The predicted octanol–water partition coefficient (Wildman–Crippen LogP) is 6.34. The van der Waals surface area contributed by atoms with Gasteiger partial charge >= 0.3 is 0 Å². The maximum atomic E-state index is 12.0. The number of likely N-dealkylation sites (tertiary alicyclic amines) is 2. The Bertz CT molecular complexity index is 1360. The highest BCUT2D eigenvalue weighted by atomic mass is 35.5. The first-order chi connectivity index (χ1) is 18.0. The van der Waals surface area contributed by atoms with E-state index >= 15 is 0 Å². The van der Waals surface area contributed by atoms with Crippen LogP contribution in [-0.4, -0.2) is 60.3 Å². The van der Waals surface area contributed by atoms with Gasteiger partial charge in [-0.15, -0.1) is 0 Å². The van der Waals surface area contributed by atoms with Crippen molar-refractivity contribution in [3.8, 4) is 17.2 Å². The number of hydrogen-bond acceptors (Lipinski definition) is 5. The molecule has 37 heavy (non-hydrogen) atoms. The average molecular weight is 519 g/mol. The first-order valence-corrected chi connectivity index (χ1v) is 13.0. The molecule has 0 N–H and O–H groups in total. The third-order valence-corrected chi connectivity index (χ3v) is 7.51. The van der Waals surface area contributed by atoms with Gasteiger partial charge in [-0.2, -0.15) is 0 Å². The second kappa shape index (κ2) is 10.8. The van der Waals surface area contributed by atoms with Crippen molar-refractivity contribution in [1.82, 2.24) is 14.8 Å². The third-order valence-electron chi connectivity index (χ3n) is 7.21. The van der Waals surface area contributed by atoms with Gasteiger partial charge in [0.05, 0.1) is 23.3 Å². The number of rotatable bonds is 6. The molecule has 1 aromatic heterocycles. The van der Waals surface area contributed by atoms with Crippen LogP contribution in [0, 0.1) is 0 Å². The van der Waals surface area contributed by atoms with E-state index in [4.69, 9.17) is 26.1 Å². The van der Waals surface area contributed by atoms with Crippen molar-refractivity contribution in [2.24, 2.45) is 4.99 Å². The highest BCUT2D eigenvalue weighted by Gasteiger charge is 2.26. The van der Waals surface area contributed by atoms with Crippen molar-refractivity contribution in [3.05, 3.63) is 65.8 Å². The van der Waals surface area contributed by atoms with Crippen molar-refractivity contribution < 1.29 is 14.3 Å². The summed E-state index contributed by atoms with van der Waals surface area (Å²) in [5, 5.41) is 1.45. The van der Waals surface area contributed by atoms with Crippen LogP contribution in [-0.2, 0) is 4.79 Å². The van der Waals surface area contributed by atoms with Crippen LogP contribution in [0.1, 0.15) is 37.2 Å². The molecule has 8 heteroatoms. The maximum absolute atomic E-state index is 12.0. The van der Waals surface area contributed by atoms with Gasteiger partial charge in [-0.05, 0) is 61.1 Å². The second-order valence-electron chi connectivity index (χ2n) is 9.49. The molecule has 2 aliphatic heterocycles. The topological polar surface area (TPSA) is 67.3 Å². The summed E-state index contributed by atoms with van der Waals surface area (Å²) in [5.41, 5.74) is 2.63. The van der Waals surface area contributed by atoms with Gasteiger partial charge in [0.1, 0.15) is 23.1 Å². The Morgan fingerprint density at radius 1 is 1.16 bits per heavy atom. The average Bonchev–Trinajstić information content (AvgIpc) is 3.33. The Morgan fingerprint density at radius 3 is 2.65 bits per heavy atom. The highest BCUT2D eigenvalue weighted by molar-refractivity contribution is 6.33. The number of nitrogens with zero attached hydrogens (tertiary/aromatic N) is 4. The number of ether oxygens (including phenoxy) is 2. The number of pyridine rings is 1. The van der Waals surface area contributed by atoms with Gasteiger partial charge in [0.25, 0.3) is 0 Å². The minimum absolute atomic E-state index is 0.0184. The van der Waals surface area contributed by atoms with E-state index in [9.17, 15) is 4.79 Å². The lowest BCUT2D eigenvalue weighted by atomic mass is 9.87. The predicted molar refractivity (Wildman–Crippen MR) is 148 cm³/mol. The minimum atomic E-state index is -0.0184. The van der Waals surface area contributed by atoms with Gasteiger partial charge in [-0.3, -0.25) is 9.78 Å². The number of amidine groups is 1. The zero-order valence-electron chi connectivity index (χ0n) is 21.2. The lowest BCUT2D eigenvalue weighted by molar-refractivity contribution is -0.127. The quantitative estimate of drug-likeness (QED) is 0.356. The molecule has 1 amide bonds. The molecule has 3 aromatic rings. The molecule has 5 rings (SSSR count). The second-order valence-corrected chi connectivity index (χ2v) is 9.90. The van der Waals surface area contributed by atoms with Gasteiger partial charge in [0.2, 0.25) is 5.91 Å². The van der Waals surface area contributed by atoms with Crippen molar-refractivity contribution in [3.63, 3.8) is 0 Å². The number of fused-ring (bicyclic) bond motifs is 1. The number of amides is 1. The van der Waals surface area contributed by atoms with E-state index in [1.54, 1.807) is 19.4 Å². The van der Waals surface area contributed by atoms with Crippen molar-refractivity contribution in [2.45, 2.75) is 31.6 Å². The number of benzene rings is 2.